The van der Waals surface area contributed by atoms with Crippen LogP contribution in [0.1, 0.15) is 61.6 Å². The first kappa shape index (κ1) is 45.8. The van der Waals surface area contributed by atoms with Crippen LogP contribution in [0.15, 0.2) is 138 Å². The monoisotopic (exact) mass is 886 g/mol. The molecule has 7 rings (SSSR count). The Hall–Kier alpha value is -5.23. The van der Waals surface area contributed by atoms with Gasteiger partial charge in [0, 0.05) is 13.3 Å². The zero-order chi connectivity index (χ0) is 44.8. The van der Waals surface area contributed by atoms with Crippen molar-refractivity contribution in [3.05, 3.63) is 138 Å². The first-order chi connectivity index (χ1) is 30.2. The molecule has 2 aromatic heterocycles. The Balaban J connectivity index is 1.44. The molecule has 1 aliphatic heterocycles. The van der Waals surface area contributed by atoms with Crippen molar-refractivity contribution in [3.63, 3.8) is 0 Å². The lowest BCUT2D eigenvalue weighted by Gasteiger charge is -2.46. The molecule has 63 heavy (non-hydrogen) atoms. The van der Waals surface area contributed by atoms with Crippen molar-refractivity contribution in [3.8, 4) is 0 Å². The third kappa shape index (κ3) is 9.24. The number of rotatable bonds is 18. The summed E-state index contributed by atoms with van der Waals surface area (Å²) in [6.45, 7) is 22.3. The lowest BCUT2D eigenvalue weighted by atomic mass is 10.1. The van der Waals surface area contributed by atoms with Crippen LogP contribution in [0.25, 0.3) is 11.2 Å². The summed E-state index contributed by atoms with van der Waals surface area (Å²) >= 11 is 0. The minimum absolute atomic E-state index is 0.147. The number of nitrogens with zero attached hydrogens (tertiary/aromatic N) is 4. The lowest BCUT2D eigenvalue weighted by molar-refractivity contribution is -0.0796. The van der Waals surface area contributed by atoms with E-state index in [0.717, 1.165) is 20.7 Å². The van der Waals surface area contributed by atoms with E-state index >= 15 is 0 Å². The van der Waals surface area contributed by atoms with Gasteiger partial charge in [0.1, 0.15) is 24.9 Å². The zero-order valence-corrected chi connectivity index (χ0v) is 39.8. The average Bonchev–Trinajstić information content (AvgIpc) is 3.85. The minimum Gasteiger partial charge on any atom is -0.405 e. The van der Waals surface area contributed by atoms with Crippen molar-refractivity contribution in [2.24, 2.45) is 11.1 Å². The molecule has 1 saturated heterocycles. The number of fused-ring (bicyclic) bond motifs is 1. The van der Waals surface area contributed by atoms with Gasteiger partial charge in [-0.15, -0.1) is 5.16 Å². The maximum atomic E-state index is 13.6. The Bertz CT molecular complexity index is 2380. The molecule has 4 atom stereocenters. The first-order valence-electron chi connectivity index (χ1n) is 21.8. The number of imidazole rings is 1. The molecule has 0 aliphatic carbocycles. The number of benzene rings is 4. The van der Waals surface area contributed by atoms with Gasteiger partial charge in [0.25, 0.3) is 22.2 Å². The molecule has 0 unspecified atom stereocenters. The molecule has 0 bridgehead atoms. The third-order valence-corrected chi connectivity index (χ3v) is 21.9. The number of hydrogen-bond acceptors (Lipinski definition) is 10. The van der Waals surface area contributed by atoms with Gasteiger partial charge in [0.05, 0.1) is 19.5 Å². The van der Waals surface area contributed by atoms with E-state index in [1.165, 1.54) is 0 Å². The van der Waals surface area contributed by atoms with Gasteiger partial charge in [-0.3, -0.25) is 14.3 Å². The third-order valence-electron chi connectivity index (χ3n) is 11.9. The van der Waals surface area contributed by atoms with E-state index in [1.807, 2.05) is 24.3 Å². The summed E-state index contributed by atoms with van der Waals surface area (Å²) in [6, 6.07) is 42.2. The van der Waals surface area contributed by atoms with Crippen molar-refractivity contribution < 1.29 is 23.2 Å². The highest BCUT2D eigenvalue weighted by Gasteiger charge is 2.58. The number of hydrogen-bond donors (Lipinski definition) is 2. The SMILES string of the molecule is C=NOCCO[C@@H]1[C@H](O[Si](c2ccccc2)(c2ccccc2)C(C)(C)C)[C@@H](CO[Si](c2ccccc2)(c2ccccc2)C(C)(C)C)O[C@H]1n1cnc2c(=O)[nH]c(NCC(C)C)nc21. The molecule has 0 amide bonds. The number of oxime groups is 1. The highest BCUT2D eigenvalue weighted by atomic mass is 28.4. The molecular formula is C49H62N6O6Si2. The van der Waals surface area contributed by atoms with Crippen LogP contribution in [0.5, 0.6) is 0 Å². The fraction of sp³-hybridized carbons (Fsp3) is 0.388. The number of aromatic nitrogens is 4. The Kier molecular flexibility index (Phi) is 14.0. The van der Waals surface area contributed by atoms with Crippen LogP contribution in [0, 0.1) is 5.92 Å². The normalized spacial score (nSPS) is 18.5. The molecule has 1 fully saturated rings. The predicted octanol–water partition coefficient (Wildman–Crippen LogP) is 6.62. The van der Waals surface area contributed by atoms with E-state index in [4.69, 9.17) is 28.1 Å². The highest BCUT2D eigenvalue weighted by molar-refractivity contribution is 7.00. The fourth-order valence-corrected chi connectivity index (χ4v) is 18.3. The van der Waals surface area contributed by atoms with E-state index in [9.17, 15) is 4.79 Å². The van der Waals surface area contributed by atoms with Gasteiger partial charge in [-0.05, 0) is 36.7 Å². The van der Waals surface area contributed by atoms with Crippen LogP contribution < -0.4 is 31.6 Å². The quantitative estimate of drug-likeness (QED) is 0.0423. The van der Waals surface area contributed by atoms with Crippen molar-refractivity contribution in [1.29, 1.82) is 0 Å². The maximum Gasteiger partial charge on any atom is 0.280 e. The Morgan fingerprint density at radius 1 is 0.778 bits per heavy atom. The number of anilines is 1. The van der Waals surface area contributed by atoms with Crippen LogP contribution in [-0.4, -0.2) is 87.5 Å². The fourth-order valence-electron chi connectivity index (χ4n) is 9.03. The molecular weight excluding hydrogens is 825 g/mol. The number of aromatic amines is 1. The maximum absolute atomic E-state index is 13.6. The summed E-state index contributed by atoms with van der Waals surface area (Å²) in [5.74, 6) is 0.658. The topological polar surface area (TPSA) is 134 Å². The Morgan fingerprint density at radius 2 is 1.29 bits per heavy atom. The van der Waals surface area contributed by atoms with Crippen molar-refractivity contribution in [2.45, 2.75) is 90.0 Å². The zero-order valence-electron chi connectivity index (χ0n) is 37.8. The molecule has 4 aromatic carbocycles. The highest BCUT2D eigenvalue weighted by Crippen LogP contribution is 2.44. The van der Waals surface area contributed by atoms with Gasteiger partial charge in [0.15, 0.2) is 17.4 Å². The molecule has 12 nitrogen and oxygen atoms in total. The molecule has 0 spiro atoms. The van der Waals surface area contributed by atoms with Crippen LogP contribution in [-0.2, 0) is 23.2 Å². The van der Waals surface area contributed by atoms with Crippen LogP contribution in [0.3, 0.4) is 0 Å². The van der Waals surface area contributed by atoms with Gasteiger partial charge in [-0.25, -0.2) is 4.98 Å². The van der Waals surface area contributed by atoms with Gasteiger partial charge >= 0.3 is 0 Å². The standard InChI is InChI=1S/C49H62N6O6Si2/c1-35(2)32-51-47-53-44-41(45(56)54-47)52-34-55(44)46-43(57-30-31-58-50-9)42(61-63(49(6,7)8,38-26-18-12-19-27-38)39-28-20-13-21-29-39)40(60-46)33-59-62(48(3,4)5,36-22-14-10-15-23-36)37-24-16-11-17-25-37/h10-29,34-35,40,42-43,46H,9,30-33H2,1-8H3,(H2,51,53,54,56)/t40-,42-,43-,46-/m1/s1. The van der Waals surface area contributed by atoms with E-state index in [2.05, 4.69) is 180 Å². The van der Waals surface area contributed by atoms with Gasteiger partial charge < -0.3 is 28.5 Å². The van der Waals surface area contributed by atoms with Gasteiger partial charge in [-0.2, -0.15) is 4.98 Å². The van der Waals surface area contributed by atoms with Gasteiger partial charge in [-0.1, -0.05) is 177 Å². The summed E-state index contributed by atoms with van der Waals surface area (Å²) < 4.78 is 31.8. The van der Waals surface area contributed by atoms with Crippen LogP contribution in [0.4, 0.5) is 5.95 Å². The number of H-pyrrole nitrogens is 1. The van der Waals surface area contributed by atoms with E-state index in [0.29, 0.717) is 24.1 Å². The van der Waals surface area contributed by atoms with Crippen molar-refractivity contribution in [2.75, 3.05) is 31.7 Å². The molecule has 0 saturated carbocycles. The molecule has 332 valence electrons. The molecule has 2 N–H and O–H groups in total. The molecule has 14 heteroatoms. The van der Waals surface area contributed by atoms with Gasteiger partial charge in [0.2, 0.25) is 5.95 Å². The van der Waals surface area contributed by atoms with E-state index in [-0.39, 0.29) is 41.0 Å². The summed E-state index contributed by atoms with van der Waals surface area (Å²) in [7, 11) is -6.35. The van der Waals surface area contributed by atoms with E-state index < -0.39 is 41.2 Å². The Morgan fingerprint density at radius 3 is 1.76 bits per heavy atom. The predicted molar refractivity (Wildman–Crippen MR) is 257 cm³/mol. The second-order valence-electron chi connectivity index (χ2n) is 18.6. The van der Waals surface area contributed by atoms with Crippen molar-refractivity contribution in [1.82, 2.24) is 19.5 Å². The van der Waals surface area contributed by atoms with Crippen LogP contribution in [0.2, 0.25) is 10.1 Å². The smallest absolute Gasteiger partial charge is 0.280 e. The summed E-state index contributed by atoms with van der Waals surface area (Å²) in [5.41, 5.74) is 0.172. The average molecular weight is 887 g/mol. The molecule has 0 radical (unpaired) electrons. The second kappa shape index (κ2) is 19.3. The first-order valence-corrected chi connectivity index (χ1v) is 25.6. The number of nitrogens with one attached hydrogen (secondary N) is 2. The molecule has 6 aromatic rings. The molecule has 3 heterocycles. The number of ether oxygens (including phenoxy) is 2. The van der Waals surface area contributed by atoms with Crippen LogP contribution >= 0.6 is 0 Å². The Labute approximate surface area is 373 Å². The molecule has 1 aliphatic rings. The summed E-state index contributed by atoms with van der Waals surface area (Å²) in [6.07, 6.45) is -1.41. The van der Waals surface area contributed by atoms with E-state index in [1.54, 1.807) is 10.9 Å². The largest absolute Gasteiger partial charge is 0.405 e. The van der Waals surface area contributed by atoms with Crippen molar-refractivity contribution >= 4 is 61.2 Å². The second-order valence-corrected chi connectivity index (χ2v) is 27.2. The summed E-state index contributed by atoms with van der Waals surface area (Å²) in [5, 5.41) is 10.7. The lowest BCUT2D eigenvalue weighted by Crippen LogP contribution is -2.70. The minimum atomic E-state index is -3.27. The summed E-state index contributed by atoms with van der Waals surface area (Å²) in [4.78, 5) is 31.3.